The van der Waals surface area contributed by atoms with Gasteiger partial charge in [-0.3, -0.25) is 0 Å². The van der Waals surface area contributed by atoms with Gasteiger partial charge in [0.15, 0.2) is 0 Å². The summed E-state index contributed by atoms with van der Waals surface area (Å²) in [6.07, 6.45) is 0. The van der Waals surface area contributed by atoms with E-state index >= 15 is 0 Å². The molecule has 0 amide bonds. The van der Waals surface area contributed by atoms with Crippen LogP contribution in [0.25, 0.3) is 0 Å². The zero-order valence-electron chi connectivity index (χ0n) is 12.7. The van der Waals surface area contributed by atoms with Gasteiger partial charge in [-0.2, -0.15) is 0 Å². The molecule has 116 valence electrons. The molecule has 1 unspecified atom stereocenters. The van der Waals surface area contributed by atoms with Crippen molar-refractivity contribution in [3.8, 4) is 0 Å². The number of nitrogens with one attached hydrogen (secondary N) is 1. The number of anilines is 1. The molecule has 0 fully saturated rings. The van der Waals surface area contributed by atoms with Crippen LogP contribution in [-0.2, 0) is 0 Å². The third kappa shape index (κ3) is 4.69. The Morgan fingerprint density at radius 2 is 1.39 bits per heavy atom. The van der Waals surface area contributed by atoms with E-state index in [1.807, 2.05) is 12.1 Å². The molecule has 3 aromatic carbocycles. The van der Waals surface area contributed by atoms with Crippen molar-refractivity contribution >= 4 is 25.1 Å². The van der Waals surface area contributed by atoms with E-state index in [9.17, 15) is 4.39 Å². The third-order valence-electron chi connectivity index (χ3n) is 3.55. The summed E-state index contributed by atoms with van der Waals surface area (Å²) in [5, 5.41) is 4.58. The van der Waals surface area contributed by atoms with Crippen LogP contribution in [0.5, 0.6) is 0 Å². The molecule has 0 aliphatic carbocycles. The Labute approximate surface area is 142 Å². The minimum atomic E-state index is -0.208. The fraction of sp³-hybridized carbons (Fsp3) is 0.100. The molecule has 3 rings (SSSR count). The first-order valence-corrected chi connectivity index (χ1v) is 9.63. The van der Waals surface area contributed by atoms with Crippen molar-refractivity contribution in [3.63, 3.8) is 0 Å². The fourth-order valence-corrected chi connectivity index (χ4v) is 4.42. The molecule has 3 heteroatoms. The maximum atomic E-state index is 13.1. The maximum absolute atomic E-state index is 13.1. The first kappa shape index (κ1) is 15.8. The monoisotopic (exact) mass is 371 g/mol. The fourth-order valence-electron chi connectivity index (χ4n) is 2.35. The van der Waals surface area contributed by atoms with Gasteiger partial charge in [0.1, 0.15) is 0 Å². The molecule has 1 N–H and O–H groups in total. The molecule has 0 bridgehead atoms. The molecule has 0 aromatic heterocycles. The summed E-state index contributed by atoms with van der Waals surface area (Å²) < 4.78 is 14.5. The van der Waals surface area contributed by atoms with E-state index in [1.165, 1.54) is 22.2 Å². The topological polar surface area (TPSA) is 12.0 Å². The van der Waals surface area contributed by atoms with Crippen molar-refractivity contribution in [1.82, 2.24) is 0 Å². The van der Waals surface area contributed by atoms with Crippen molar-refractivity contribution in [2.24, 2.45) is 0 Å². The third-order valence-corrected chi connectivity index (χ3v) is 5.87. The predicted molar refractivity (Wildman–Crippen MR) is 95.8 cm³/mol. The summed E-state index contributed by atoms with van der Waals surface area (Å²) in [5.74, 6) is -0.208. The summed E-state index contributed by atoms with van der Waals surface area (Å²) in [4.78, 5) is 0. The molecule has 3 aromatic rings. The second-order valence-corrected chi connectivity index (χ2v) is 7.53. The van der Waals surface area contributed by atoms with Crippen molar-refractivity contribution < 1.29 is 4.39 Å². The van der Waals surface area contributed by atoms with Gasteiger partial charge in [-0.1, -0.05) is 0 Å². The van der Waals surface area contributed by atoms with Crippen molar-refractivity contribution in [1.29, 1.82) is 0 Å². The summed E-state index contributed by atoms with van der Waals surface area (Å²) in [6, 6.07) is 27.8. The first-order chi connectivity index (χ1) is 11.3. The average molecular weight is 370 g/mol. The number of benzene rings is 3. The Bertz CT molecular complexity index is 714. The number of rotatable bonds is 6. The van der Waals surface area contributed by atoms with E-state index in [-0.39, 0.29) is 11.9 Å². The Morgan fingerprint density at radius 3 is 2.04 bits per heavy atom. The number of halogens is 1. The average Bonchev–Trinajstić information content (AvgIpc) is 2.62. The molecule has 0 aliphatic rings. The van der Waals surface area contributed by atoms with Gasteiger partial charge in [-0.25, -0.2) is 0 Å². The minimum absolute atomic E-state index is 0.208. The normalized spacial score (nSPS) is 11.9. The van der Waals surface area contributed by atoms with Crippen LogP contribution in [0.1, 0.15) is 11.6 Å². The first-order valence-electron chi connectivity index (χ1n) is 7.56. The second-order valence-electron chi connectivity index (χ2n) is 5.24. The van der Waals surface area contributed by atoms with Crippen LogP contribution >= 0.6 is 0 Å². The van der Waals surface area contributed by atoms with Gasteiger partial charge in [0.2, 0.25) is 0 Å². The molecular weight excluding hydrogens is 352 g/mol. The zero-order valence-corrected chi connectivity index (χ0v) is 14.4. The number of hydrogen-bond acceptors (Lipinski definition) is 1. The molecule has 1 atom stereocenters. The van der Waals surface area contributed by atoms with E-state index in [4.69, 9.17) is 0 Å². The Kier molecular flexibility index (Phi) is 5.46. The van der Waals surface area contributed by atoms with Crippen molar-refractivity contribution in [2.75, 3.05) is 5.32 Å². The van der Waals surface area contributed by atoms with Gasteiger partial charge in [-0.15, -0.1) is 0 Å². The molecule has 0 radical (unpaired) electrons. The van der Waals surface area contributed by atoms with E-state index < -0.39 is 0 Å². The zero-order chi connectivity index (χ0) is 15.9. The van der Waals surface area contributed by atoms with Gasteiger partial charge < -0.3 is 0 Å². The Morgan fingerprint density at radius 1 is 0.783 bits per heavy atom. The van der Waals surface area contributed by atoms with Crippen LogP contribution in [0.2, 0.25) is 5.32 Å². The van der Waals surface area contributed by atoms with Crippen molar-refractivity contribution in [3.05, 3.63) is 96.3 Å². The Balaban J connectivity index is 1.75. The van der Waals surface area contributed by atoms with Gasteiger partial charge in [0, 0.05) is 0 Å². The van der Waals surface area contributed by atoms with Gasteiger partial charge in [0.05, 0.1) is 0 Å². The summed E-state index contributed by atoms with van der Waals surface area (Å²) in [7, 11) is 0. The molecule has 0 saturated carbocycles. The second kappa shape index (κ2) is 7.96. The van der Waals surface area contributed by atoms with Crippen LogP contribution < -0.4 is 9.78 Å². The van der Waals surface area contributed by atoms with Crippen LogP contribution in [0.4, 0.5) is 10.1 Å². The standard InChI is InChI=1S/C20H18FNSe/c21-17-11-13-18(14-12-17)22-20(16-7-3-1-4-8-16)15-23-19-9-5-2-6-10-19/h1-14,20,22H,15H2. The van der Waals surface area contributed by atoms with E-state index in [1.54, 1.807) is 12.1 Å². The molecule has 0 spiro atoms. The predicted octanol–water partition coefficient (Wildman–Crippen LogP) is 4.43. The summed E-state index contributed by atoms with van der Waals surface area (Å²) >= 11 is 0.384. The summed E-state index contributed by atoms with van der Waals surface area (Å²) in [5.41, 5.74) is 2.21. The van der Waals surface area contributed by atoms with Crippen LogP contribution in [0.3, 0.4) is 0 Å². The van der Waals surface area contributed by atoms with E-state index in [2.05, 4.69) is 53.8 Å². The van der Waals surface area contributed by atoms with Crippen LogP contribution in [-0.4, -0.2) is 15.0 Å². The van der Waals surface area contributed by atoms with E-state index in [0.717, 1.165) is 11.0 Å². The van der Waals surface area contributed by atoms with Gasteiger partial charge in [0.25, 0.3) is 0 Å². The number of hydrogen-bond donors (Lipinski definition) is 1. The quantitative estimate of drug-likeness (QED) is 0.633. The molecule has 0 saturated heterocycles. The SMILES string of the molecule is Fc1ccc(NC(C[Se]c2ccccc2)c2ccccc2)cc1. The van der Waals surface area contributed by atoms with Crippen LogP contribution in [0.15, 0.2) is 84.9 Å². The molecule has 23 heavy (non-hydrogen) atoms. The molecule has 1 nitrogen and oxygen atoms in total. The van der Waals surface area contributed by atoms with Gasteiger partial charge in [-0.05, 0) is 0 Å². The molecular formula is C20H18FNSe. The van der Waals surface area contributed by atoms with Crippen molar-refractivity contribution in [2.45, 2.75) is 11.4 Å². The van der Waals surface area contributed by atoms with Crippen LogP contribution in [0, 0.1) is 5.82 Å². The van der Waals surface area contributed by atoms with E-state index in [0.29, 0.717) is 15.0 Å². The Hall–Kier alpha value is -2.09. The molecule has 0 aliphatic heterocycles. The molecule has 0 heterocycles. The summed E-state index contributed by atoms with van der Waals surface area (Å²) in [6.45, 7) is 0. The van der Waals surface area contributed by atoms with Gasteiger partial charge >= 0.3 is 142 Å².